The van der Waals surface area contributed by atoms with E-state index in [-0.39, 0.29) is 27.9 Å². The van der Waals surface area contributed by atoms with Crippen LogP contribution < -0.4 is 15.7 Å². The largest absolute Gasteiger partial charge is 0.447 e. The molecular weight excluding hydrogens is 495 g/mol. The van der Waals surface area contributed by atoms with Crippen LogP contribution in [0.15, 0.2) is 34.0 Å². The van der Waals surface area contributed by atoms with Gasteiger partial charge < -0.3 is 9.72 Å². The first-order chi connectivity index (χ1) is 16.3. The van der Waals surface area contributed by atoms with Gasteiger partial charge in [-0.25, -0.2) is 18.0 Å². The van der Waals surface area contributed by atoms with Crippen molar-refractivity contribution >= 4 is 27.0 Å². The summed E-state index contributed by atoms with van der Waals surface area (Å²) in [5.41, 5.74) is -4.80. The van der Waals surface area contributed by atoms with E-state index < -0.39 is 55.6 Å². The molecule has 0 aliphatic rings. The minimum absolute atomic E-state index is 0.0138. The van der Waals surface area contributed by atoms with Crippen LogP contribution in [0.3, 0.4) is 0 Å². The molecule has 0 saturated carbocycles. The molecule has 2 heterocycles. The van der Waals surface area contributed by atoms with Gasteiger partial charge in [0.2, 0.25) is 0 Å². The third-order valence-electron chi connectivity index (χ3n) is 4.99. The number of carbonyl (C=O) groups excluding carboxylic acids is 1. The molecule has 1 amide bonds. The van der Waals surface area contributed by atoms with Gasteiger partial charge in [0, 0.05) is 18.3 Å². The Balaban J connectivity index is 2.35. The zero-order chi connectivity index (χ0) is 26.1. The summed E-state index contributed by atoms with van der Waals surface area (Å²) >= 11 is 0. The number of nitrogens with one attached hydrogen (secondary N) is 1. The number of aromatic nitrogens is 4. The number of aromatic amines is 1. The summed E-state index contributed by atoms with van der Waals surface area (Å²) < 4.78 is 72.2. The fourth-order valence-electron chi connectivity index (χ4n) is 3.40. The van der Waals surface area contributed by atoms with Crippen LogP contribution in [-0.4, -0.2) is 46.8 Å². The molecule has 11 nitrogen and oxygen atoms in total. The lowest BCUT2D eigenvalue weighted by Gasteiger charge is -2.21. The zero-order valence-electron chi connectivity index (χ0n) is 18.9. The van der Waals surface area contributed by atoms with Gasteiger partial charge in [0.05, 0.1) is 35.0 Å². The number of hydrogen-bond acceptors (Lipinski definition) is 7. The number of alkyl halides is 3. The van der Waals surface area contributed by atoms with Gasteiger partial charge in [-0.1, -0.05) is 17.8 Å². The van der Waals surface area contributed by atoms with Crippen molar-refractivity contribution in [3.05, 3.63) is 50.8 Å². The maximum absolute atomic E-state index is 13.9. The molecule has 0 bridgehead atoms. The molecule has 2 aromatic heterocycles. The average Bonchev–Trinajstić information content (AvgIpc) is 3.23. The van der Waals surface area contributed by atoms with E-state index >= 15 is 0 Å². The lowest BCUT2D eigenvalue weighted by Crippen LogP contribution is -2.56. The van der Waals surface area contributed by atoms with Crippen molar-refractivity contribution in [2.75, 3.05) is 17.3 Å². The molecule has 3 rings (SSSR count). The molecule has 0 unspecified atom stereocenters. The second kappa shape index (κ2) is 9.56. The molecule has 0 fully saturated rings. The highest BCUT2D eigenvalue weighted by molar-refractivity contribution is 7.92. The van der Waals surface area contributed by atoms with E-state index in [1.54, 1.807) is 13.8 Å². The lowest BCUT2D eigenvalue weighted by atomic mass is 10.0. The van der Waals surface area contributed by atoms with E-state index in [0.29, 0.717) is 25.2 Å². The number of benzene rings is 1. The Kier molecular flexibility index (Phi) is 7.10. The molecule has 1 N–H and O–H groups in total. The molecule has 35 heavy (non-hydrogen) atoms. The molecule has 1 aromatic carbocycles. The summed E-state index contributed by atoms with van der Waals surface area (Å²) in [5.74, 6) is 0. The number of unbranched alkanes of at least 4 members (excludes halogenated alkanes) is 1. The maximum atomic E-state index is 13.9. The number of carbonyl (C=O) groups is 1. The van der Waals surface area contributed by atoms with E-state index in [0.717, 1.165) is 6.07 Å². The van der Waals surface area contributed by atoms with Crippen LogP contribution in [0.25, 0.3) is 22.2 Å². The van der Waals surface area contributed by atoms with Crippen molar-refractivity contribution in [2.24, 2.45) is 0 Å². The Morgan fingerprint density at radius 2 is 1.91 bits per heavy atom. The van der Waals surface area contributed by atoms with Gasteiger partial charge in [0.25, 0.3) is 15.6 Å². The van der Waals surface area contributed by atoms with Crippen molar-refractivity contribution < 1.29 is 31.1 Å². The third kappa shape index (κ3) is 5.08. The van der Waals surface area contributed by atoms with Gasteiger partial charge in [0.1, 0.15) is 0 Å². The summed E-state index contributed by atoms with van der Waals surface area (Å²) in [6.07, 6.45) is -3.51. The van der Waals surface area contributed by atoms with E-state index in [1.165, 1.54) is 16.9 Å². The van der Waals surface area contributed by atoms with Crippen LogP contribution in [0.2, 0.25) is 0 Å². The Labute approximate surface area is 196 Å². The average molecular weight is 517 g/mol. The SMILES string of the molecule is CCCCOC(=O)N(n1c(=O)[nH]c2cc(C(F)(F)F)c(-c3ccnn3CC)cc2c1=O)S(C)(=O)=O. The quantitative estimate of drug-likeness (QED) is 0.476. The minimum atomic E-state index is -4.86. The number of amides is 1. The van der Waals surface area contributed by atoms with Gasteiger partial charge >= 0.3 is 18.0 Å². The molecule has 0 saturated heterocycles. The number of halogens is 3. The van der Waals surface area contributed by atoms with Crippen LogP contribution in [0.4, 0.5) is 18.0 Å². The van der Waals surface area contributed by atoms with Gasteiger partial charge in [-0.15, -0.1) is 4.68 Å². The highest BCUT2D eigenvalue weighted by Gasteiger charge is 2.36. The zero-order valence-corrected chi connectivity index (χ0v) is 19.7. The standard InChI is InChI=1S/C20H22F3N5O6S/c1-4-6-9-34-19(31)28(35(3,32)33)27-17(29)13-10-12(16-7-8-24-26(16)5-2)14(20(21,22)23)11-15(13)25-18(27)30/h7-8,10-11H,4-6,9H2,1-3H3,(H,25,30). The second-order valence-electron chi connectivity index (χ2n) is 7.49. The molecule has 0 aliphatic heterocycles. The van der Waals surface area contributed by atoms with E-state index in [9.17, 15) is 36.0 Å². The number of sulfonamides is 1. The first-order valence-electron chi connectivity index (χ1n) is 10.4. The highest BCUT2D eigenvalue weighted by Crippen LogP contribution is 2.38. The van der Waals surface area contributed by atoms with E-state index in [1.807, 2.05) is 0 Å². The number of H-pyrrole nitrogens is 1. The number of fused-ring (bicyclic) bond motifs is 1. The molecule has 0 atom stereocenters. The predicted molar refractivity (Wildman–Crippen MR) is 120 cm³/mol. The Hall–Kier alpha value is -3.62. The molecule has 15 heteroatoms. The monoisotopic (exact) mass is 517 g/mol. The Bertz CT molecular complexity index is 1490. The number of aryl methyl sites for hydroxylation is 1. The summed E-state index contributed by atoms with van der Waals surface area (Å²) in [5, 5.41) is 3.48. The molecule has 0 spiro atoms. The van der Waals surface area contributed by atoms with Crippen molar-refractivity contribution in [3.8, 4) is 11.3 Å². The third-order valence-corrected chi connectivity index (χ3v) is 5.93. The summed E-state index contributed by atoms with van der Waals surface area (Å²) in [6, 6.07) is 2.77. The molecule has 0 radical (unpaired) electrons. The summed E-state index contributed by atoms with van der Waals surface area (Å²) in [6.45, 7) is 3.49. The fourth-order valence-corrected chi connectivity index (χ4v) is 4.17. The van der Waals surface area contributed by atoms with E-state index in [2.05, 4.69) is 10.1 Å². The predicted octanol–water partition coefficient (Wildman–Crippen LogP) is 2.43. The van der Waals surface area contributed by atoms with Crippen LogP contribution >= 0.6 is 0 Å². The molecular formula is C20H22F3N5O6S. The van der Waals surface area contributed by atoms with Crippen molar-refractivity contribution in [1.29, 1.82) is 0 Å². The van der Waals surface area contributed by atoms with Crippen LogP contribution in [0.1, 0.15) is 32.3 Å². The van der Waals surface area contributed by atoms with Crippen LogP contribution in [0, 0.1) is 0 Å². The topological polar surface area (TPSA) is 136 Å². The minimum Gasteiger partial charge on any atom is -0.447 e. The van der Waals surface area contributed by atoms with Crippen LogP contribution in [-0.2, 0) is 27.5 Å². The van der Waals surface area contributed by atoms with Gasteiger partial charge in [0.15, 0.2) is 0 Å². The van der Waals surface area contributed by atoms with Gasteiger partial charge in [-0.3, -0.25) is 9.48 Å². The number of nitrogens with zero attached hydrogens (tertiary/aromatic N) is 4. The first-order valence-corrected chi connectivity index (χ1v) is 12.3. The van der Waals surface area contributed by atoms with Gasteiger partial charge in [-0.2, -0.15) is 18.3 Å². The number of rotatable bonds is 7. The normalized spacial score (nSPS) is 12.2. The number of ether oxygens (including phenoxy) is 1. The maximum Gasteiger partial charge on any atom is 0.444 e. The summed E-state index contributed by atoms with van der Waals surface area (Å²) in [7, 11) is -4.56. The van der Waals surface area contributed by atoms with Gasteiger partial charge in [-0.05, 0) is 31.5 Å². The van der Waals surface area contributed by atoms with E-state index in [4.69, 9.17) is 4.74 Å². The summed E-state index contributed by atoms with van der Waals surface area (Å²) in [4.78, 5) is 40.4. The highest BCUT2D eigenvalue weighted by atomic mass is 32.2. The number of hydrogen-bond donors (Lipinski definition) is 1. The lowest BCUT2D eigenvalue weighted by molar-refractivity contribution is -0.137. The van der Waals surface area contributed by atoms with Crippen molar-refractivity contribution in [1.82, 2.24) is 19.4 Å². The molecule has 190 valence electrons. The van der Waals surface area contributed by atoms with Crippen molar-refractivity contribution in [2.45, 2.75) is 39.4 Å². The fraction of sp³-hybridized carbons (Fsp3) is 0.400. The molecule has 0 aliphatic carbocycles. The smallest absolute Gasteiger partial charge is 0.444 e. The molecule has 3 aromatic rings. The Morgan fingerprint density at radius 1 is 1.23 bits per heavy atom. The van der Waals surface area contributed by atoms with Crippen molar-refractivity contribution in [3.63, 3.8) is 0 Å². The van der Waals surface area contributed by atoms with Crippen LogP contribution in [0.5, 0.6) is 0 Å². The second-order valence-corrected chi connectivity index (χ2v) is 9.31. The Morgan fingerprint density at radius 3 is 2.49 bits per heavy atom. The first kappa shape index (κ1) is 26.0.